The third-order valence-electron chi connectivity index (χ3n) is 6.88. The first-order valence-corrected chi connectivity index (χ1v) is 9.21. The first-order chi connectivity index (χ1) is 10.7. The minimum absolute atomic E-state index is 0. The second-order valence-electron chi connectivity index (χ2n) is 8.42. The molecule has 23 heavy (non-hydrogen) atoms. The Morgan fingerprint density at radius 1 is 1.17 bits per heavy atom. The molecule has 5 aliphatic rings. The molecule has 1 atom stereocenters. The fraction of sp³-hybridized carbons (Fsp3) is 0.944. The Bertz CT molecular complexity index is 409. The third kappa shape index (κ3) is 3.27. The minimum Gasteiger partial charge on any atom is -0.383 e. The van der Waals surface area contributed by atoms with Crippen molar-refractivity contribution in [2.45, 2.75) is 50.5 Å². The van der Waals surface area contributed by atoms with Crippen LogP contribution in [-0.4, -0.2) is 38.3 Å². The van der Waals surface area contributed by atoms with Gasteiger partial charge in [-0.3, -0.25) is 4.79 Å². The Morgan fingerprint density at radius 2 is 1.83 bits per heavy atom. The SMILES string of the molecule is COCC1(CNC(=O)C2C3CC4CC(C3)CC2C4)CCCN1.Cl. The van der Waals surface area contributed by atoms with Crippen LogP contribution in [0.1, 0.15) is 44.9 Å². The molecule has 2 N–H and O–H groups in total. The van der Waals surface area contributed by atoms with Gasteiger partial charge in [-0.2, -0.15) is 0 Å². The molecule has 1 saturated heterocycles. The molecule has 4 nitrogen and oxygen atoms in total. The summed E-state index contributed by atoms with van der Waals surface area (Å²) in [6, 6.07) is 0. The van der Waals surface area contributed by atoms with Gasteiger partial charge < -0.3 is 15.4 Å². The van der Waals surface area contributed by atoms with Gasteiger partial charge in [0, 0.05) is 19.6 Å². The second-order valence-corrected chi connectivity index (χ2v) is 8.42. The number of amides is 1. The highest BCUT2D eigenvalue weighted by Gasteiger charge is 2.51. The van der Waals surface area contributed by atoms with Gasteiger partial charge in [0.1, 0.15) is 0 Å². The Balaban J connectivity index is 0.00000156. The van der Waals surface area contributed by atoms with Crippen LogP contribution in [-0.2, 0) is 9.53 Å². The first kappa shape index (κ1) is 17.5. The van der Waals surface area contributed by atoms with E-state index in [-0.39, 0.29) is 17.9 Å². The van der Waals surface area contributed by atoms with E-state index in [0.29, 0.717) is 30.3 Å². The van der Waals surface area contributed by atoms with Crippen molar-refractivity contribution >= 4 is 18.3 Å². The lowest BCUT2D eigenvalue weighted by Gasteiger charge is -2.53. The Hall–Kier alpha value is -0.320. The maximum absolute atomic E-state index is 12.9. The molecule has 5 rings (SSSR count). The number of hydrogen-bond acceptors (Lipinski definition) is 3. The summed E-state index contributed by atoms with van der Waals surface area (Å²) in [4.78, 5) is 12.9. The van der Waals surface area contributed by atoms with E-state index >= 15 is 0 Å². The maximum Gasteiger partial charge on any atom is 0.223 e. The van der Waals surface area contributed by atoms with Crippen molar-refractivity contribution in [2.24, 2.45) is 29.6 Å². The second kappa shape index (κ2) is 6.89. The van der Waals surface area contributed by atoms with Gasteiger partial charge in [-0.05, 0) is 75.2 Å². The summed E-state index contributed by atoms with van der Waals surface area (Å²) < 4.78 is 5.39. The standard InChI is InChI=1S/C18H30N2O2.ClH/c1-22-11-18(3-2-4-20-18)10-19-17(21)16-14-6-12-5-13(8-14)9-15(16)7-12;/h12-16,20H,2-11H2,1H3,(H,19,21);1H. The molecule has 1 amide bonds. The number of rotatable bonds is 5. The van der Waals surface area contributed by atoms with Crippen molar-refractivity contribution in [1.29, 1.82) is 0 Å². The van der Waals surface area contributed by atoms with Crippen molar-refractivity contribution < 1.29 is 9.53 Å². The summed E-state index contributed by atoms with van der Waals surface area (Å²) in [5.74, 6) is 3.84. The van der Waals surface area contributed by atoms with Crippen molar-refractivity contribution in [2.75, 3.05) is 26.8 Å². The van der Waals surface area contributed by atoms with E-state index in [1.807, 2.05) is 0 Å². The predicted octanol–water partition coefficient (Wildman–Crippen LogP) is 2.37. The molecule has 4 aliphatic carbocycles. The van der Waals surface area contributed by atoms with Crippen molar-refractivity contribution in [3.8, 4) is 0 Å². The van der Waals surface area contributed by atoms with Gasteiger partial charge in [-0.15, -0.1) is 12.4 Å². The van der Waals surface area contributed by atoms with E-state index in [0.717, 1.165) is 31.3 Å². The van der Waals surface area contributed by atoms with E-state index in [9.17, 15) is 4.79 Å². The largest absolute Gasteiger partial charge is 0.383 e. The van der Waals surface area contributed by atoms with Crippen molar-refractivity contribution in [3.63, 3.8) is 0 Å². The molecule has 0 aromatic heterocycles. The summed E-state index contributed by atoms with van der Waals surface area (Å²) in [6.45, 7) is 2.45. The molecule has 1 unspecified atom stereocenters. The normalized spacial score (nSPS) is 44.1. The molecule has 1 aliphatic heterocycles. The molecule has 0 aromatic carbocycles. The molecule has 0 radical (unpaired) electrons. The molecule has 0 spiro atoms. The first-order valence-electron chi connectivity index (χ1n) is 9.21. The molecule has 132 valence electrons. The van der Waals surface area contributed by atoms with Crippen LogP contribution >= 0.6 is 12.4 Å². The zero-order valence-electron chi connectivity index (χ0n) is 14.2. The van der Waals surface area contributed by atoms with Gasteiger partial charge >= 0.3 is 0 Å². The fourth-order valence-electron chi connectivity index (χ4n) is 6.20. The maximum atomic E-state index is 12.9. The van der Waals surface area contributed by atoms with Gasteiger partial charge in [0.05, 0.1) is 12.1 Å². The topological polar surface area (TPSA) is 50.4 Å². The van der Waals surface area contributed by atoms with E-state index in [4.69, 9.17) is 4.74 Å². The number of halogens is 1. The van der Waals surface area contributed by atoms with E-state index < -0.39 is 0 Å². The fourth-order valence-corrected chi connectivity index (χ4v) is 6.20. The molecule has 5 fully saturated rings. The monoisotopic (exact) mass is 342 g/mol. The average molecular weight is 343 g/mol. The lowest BCUT2D eigenvalue weighted by molar-refractivity contribution is -0.138. The van der Waals surface area contributed by atoms with Crippen LogP contribution in [0.2, 0.25) is 0 Å². The molecule has 4 saturated carbocycles. The lowest BCUT2D eigenvalue weighted by atomic mass is 9.51. The third-order valence-corrected chi connectivity index (χ3v) is 6.88. The van der Waals surface area contributed by atoms with Crippen LogP contribution in [0.25, 0.3) is 0 Å². The van der Waals surface area contributed by atoms with Crippen LogP contribution in [0.5, 0.6) is 0 Å². The van der Waals surface area contributed by atoms with Crippen LogP contribution < -0.4 is 10.6 Å². The Labute approximate surface area is 145 Å². The van der Waals surface area contributed by atoms with Crippen LogP contribution in [0.3, 0.4) is 0 Å². The summed E-state index contributed by atoms with van der Waals surface area (Å²) in [7, 11) is 1.75. The van der Waals surface area contributed by atoms with E-state index in [2.05, 4.69) is 10.6 Å². The number of ether oxygens (including phenoxy) is 1. The zero-order chi connectivity index (χ0) is 15.2. The summed E-state index contributed by atoms with van der Waals surface area (Å²) in [5, 5.41) is 6.85. The van der Waals surface area contributed by atoms with Gasteiger partial charge in [0.25, 0.3) is 0 Å². The van der Waals surface area contributed by atoms with Crippen molar-refractivity contribution in [1.82, 2.24) is 10.6 Å². The van der Waals surface area contributed by atoms with Gasteiger partial charge in [-0.25, -0.2) is 0 Å². The summed E-state index contributed by atoms with van der Waals surface area (Å²) in [6.07, 6.45) is 8.97. The quantitative estimate of drug-likeness (QED) is 0.806. The highest BCUT2D eigenvalue weighted by molar-refractivity contribution is 5.85. The number of carbonyl (C=O) groups is 1. The average Bonchev–Trinajstić information content (AvgIpc) is 2.93. The molecule has 4 bridgehead atoms. The number of hydrogen-bond donors (Lipinski definition) is 2. The smallest absolute Gasteiger partial charge is 0.223 e. The lowest BCUT2D eigenvalue weighted by Crippen LogP contribution is -2.56. The van der Waals surface area contributed by atoms with Gasteiger partial charge in [-0.1, -0.05) is 0 Å². The van der Waals surface area contributed by atoms with Gasteiger partial charge in [0.2, 0.25) is 5.91 Å². The summed E-state index contributed by atoms with van der Waals surface area (Å²) >= 11 is 0. The number of carbonyl (C=O) groups excluding carboxylic acids is 1. The summed E-state index contributed by atoms with van der Waals surface area (Å²) in [5.41, 5.74) is -0.0314. The molecular weight excluding hydrogens is 312 g/mol. The molecular formula is C18H31ClN2O2. The number of nitrogens with one attached hydrogen (secondary N) is 2. The zero-order valence-corrected chi connectivity index (χ0v) is 15.0. The highest BCUT2D eigenvalue weighted by atomic mass is 35.5. The van der Waals surface area contributed by atoms with Crippen LogP contribution in [0.4, 0.5) is 0 Å². The van der Waals surface area contributed by atoms with Gasteiger partial charge in [0.15, 0.2) is 0 Å². The molecule has 0 aromatic rings. The Morgan fingerprint density at radius 3 is 2.35 bits per heavy atom. The van der Waals surface area contributed by atoms with E-state index in [1.54, 1.807) is 7.11 Å². The van der Waals surface area contributed by atoms with E-state index in [1.165, 1.54) is 38.5 Å². The minimum atomic E-state index is -0.0314. The molecule has 1 heterocycles. The van der Waals surface area contributed by atoms with Crippen molar-refractivity contribution in [3.05, 3.63) is 0 Å². The Kier molecular flexibility index (Phi) is 5.24. The predicted molar refractivity (Wildman–Crippen MR) is 92.6 cm³/mol. The van der Waals surface area contributed by atoms with Crippen LogP contribution in [0.15, 0.2) is 0 Å². The molecule has 5 heteroatoms. The number of methoxy groups -OCH3 is 1. The van der Waals surface area contributed by atoms with Crippen LogP contribution in [0, 0.1) is 29.6 Å². The highest BCUT2D eigenvalue weighted by Crippen LogP contribution is 2.56.